The molecule has 0 spiro atoms. The van der Waals surface area contributed by atoms with Gasteiger partial charge in [-0.3, -0.25) is 0 Å². The number of aromatic nitrogens is 2. The summed E-state index contributed by atoms with van der Waals surface area (Å²) in [6, 6.07) is 11.6. The Hall–Kier alpha value is -2.30. The predicted molar refractivity (Wildman–Crippen MR) is 89.7 cm³/mol. The van der Waals surface area contributed by atoms with Gasteiger partial charge in [-0.2, -0.15) is 13.2 Å². The SMILES string of the molecule is Cc1cccc(-c2nc3cc(C(F)(F)F)ccc3n2CC(C)C)c1. The number of fused-ring (bicyclic) bond motifs is 1. The second kappa shape index (κ2) is 5.96. The highest BCUT2D eigenvalue weighted by molar-refractivity contribution is 5.81. The van der Waals surface area contributed by atoms with E-state index in [0.717, 1.165) is 28.8 Å². The lowest BCUT2D eigenvalue weighted by molar-refractivity contribution is -0.137. The van der Waals surface area contributed by atoms with Crippen LogP contribution < -0.4 is 0 Å². The Labute approximate surface area is 138 Å². The number of alkyl halides is 3. The van der Waals surface area contributed by atoms with Gasteiger partial charge in [0.05, 0.1) is 16.6 Å². The van der Waals surface area contributed by atoms with Gasteiger partial charge in [0.2, 0.25) is 0 Å². The lowest BCUT2D eigenvalue weighted by Gasteiger charge is -2.12. The molecular formula is C19H19F3N2. The largest absolute Gasteiger partial charge is 0.416 e. The highest BCUT2D eigenvalue weighted by atomic mass is 19.4. The fraction of sp³-hybridized carbons (Fsp3) is 0.316. The Morgan fingerprint density at radius 1 is 1.08 bits per heavy atom. The average molecular weight is 332 g/mol. The van der Waals surface area contributed by atoms with E-state index >= 15 is 0 Å². The maximum Gasteiger partial charge on any atom is 0.416 e. The molecule has 0 N–H and O–H groups in total. The van der Waals surface area contributed by atoms with Crippen LogP contribution >= 0.6 is 0 Å². The van der Waals surface area contributed by atoms with Crippen LogP contribution in [0.25, 0.3) is 22.4 Å². The van der Waals surface area contributed by atoms with Crippen molar-refractivity contribution in [3.8, 4) is 11.4 Å². The van der Waals surface area contributed by atoms with Gasteiger partial charge in [-0.15, -0.1) is 0 Å². The van der Waals surface area contributed by atoms with Crippen LogP contribution in [-0.2, 0) is 12.7 Å². The summed E-state index contributed by atoms with van der Waals surface area (Å²) in [5, 5.41) is 0. The van der Waals surface area contributed by atoms with E-state index < -0.39 is 11.7 Å². The third-order valence-corrected chi connectivity index (χ3v) is 3.90. The van der Waals surface area contributed by atoms with E-state index in [4.69, 9.17) is 0 Å². The van der Waals surface area contributed by atoms with Gasteiger partial charge in [-0.25, -0.2) is 4.98 Å². The minimum atomic E-state index is -4.36. The Bertz CT molecular complexity index is 876. The second-order valence-electron chi connectivity index (χ2n) is 6.51. The summed E-state index contributed by atoms with van der Waals surface area (Å²) in [4.78, 5) is 4.51. The zero-order chi connectivity index (χ0) is 17.5. The van der Waals surface area contributed by atoms with Crippen LogP contribution in [0.1, 0.15) is 25.0 Å². The number of hydrogen-bond donors (Lipinski definition) is 0. The molecule has 5 heteroatoms. The van der Waals surface area contributed by atoms with Crippen molar-refractivity contribution in [3.63, 3.8) is 0 Å². The summed E-state index contributed by atoms with van der Waals surface area (Å²) in [6.45, 7) is 6.84. The van der Waals surface area contributed by atoms with Gasteiger partial charge in [-0.1, -0.05) is 37.6 Å². The number of rotatable bonds is 3. The molecule has 0 radical (unpaired) electrons. The van der Waals surface area contributed by atoms with Gasteiger partial charge in [0.15, 0.2) is 0 Å². The van der Waals surface area contributed by atoms with Gasteiger partial charge >= 0.3 is 6.18 Å². The zero-order valence-electron chi connectivity index (χ0n) is 13.9. The Kier molecular flexibility index (Phi) is 4.11. The van der Waals surface area contributed by atoms with E-state index in [9.17, 15) is 13.2 Å². The summed E-state index contributed by atoms with van der Waals surface area (Å²) in [6.07, 6.45) is -4.36. The first-order valence-corrected chi connectivity index (χ1v) is 7.90. The molecule has 3 rings (SSSR count). The van der Waals surface area contributed by atoms with Crippen LogP contribution in [0.15, 0.2) is 42.5 Å². The molecule has 0 fully saturated rings. The van der Waals surface area contributed by atoms with Crippen molar-refractivity contribution in [3.05, 3.63) is 53.6 Å². The Morgan fingerprint density at radius 3 is 2.46 bits per heavy atom. The van der Waals surface area contributed by atoms with Crippen molar-refractivity contribution in [2.24, 2.45) is 5.92 Å². The van der Waals surface area contributed by atoms with Crippen molar-refractivity contribution >= 4 is 11.0 Å². The normalized spacial score (nSPS) is 12.3. The number of halogens is 3. The highest BCUT2D eigenvalue weighted by Crippen LogP contribution is 2.33. The number of nitrogens with zero attached hydrogens (tertiary/aromatic N) is 2. The molecule has 0 atom stereocenters. The molecule has 0 unspecified atom stereocenters. The molecule has 24 heavy (non-hydrogen) atoms. The molecule has 0 bridgehead atoms. The quantitative estimate of drug-likeness (QED) is 0.603. The predicted octanol–water partition coefficient (Wildman–Crippen LogP) is 5.69. The molecule has 0 aliphatic rings. The molecule has 3 aromatic rings. The number of imidazole rings is 1. The first-order valence-electron chi connectivity index (χ1n) is 7.90. The molecule has 1 aromatic heterocycles. The fourth-order valence-corrected chi connectivity index (χ4v) is 2.86. The van der Waals surface area contributed by atoms with Crippen molar-refractivity contribution in [1.29, 1.82) is 0 Å². The van der Waals surface area contributed by atoms with Crippen LogP contribution in [-0.4, -0.2) is 9.55 Å². The van der Waals surface area contributed by atoms with Crippen molar-refractivity contribution < 1.29 is 13.2 Å². The molecular weight excluding hydrogens is 313 g/mol. The van der Waals surface area contributed by atoms with Crippen LogP contribution in [0.2, 0.25) is 0 Å². The summed E-state index contributed by atoms with van der Waals surface area (Å²) in [7, 11) is 0. The number of hydrogen-bond acceptors (Lipinski definition) is 1. The minimum absolute atomic E-state index is 0.355. The van der Waals surface area contributed by atoms with Crippen LogP contribution in [0.4, 0.5) is 13.2 Å². The van der Waals surface area contributed by atoms with Crippen LogP contribution in [0.5, 0.6) is 0 Å². The van der Waals surface area contributed by atoms with Gasteiger partial charge in [0.25, 0.3) is 0 Å². The standard InChI is InChI=1S/C19H19F3N2/c1-12(2)11-24-17-8-7-15(19(20,21)22)10-16(17)23-18(24)14-6-4-5-13(3)9-14/h4-10,12H,11H2,1-3H3. The summed E-state index contributed by atoms with van der Waals surface area (Å²) >= 11 is 0. The van der Waals surface area contributed by atoms with Gasteiger partial charge in [-0.05, 0) is 37.1 Å². The third kappa shape index (κ3) is 3.16. The second-order valence-corrected chi connectivity index (χ2v) is 6.51. The number of benzene rings is 2. The van der Waals surface area contributed by atoms with Gasteiger partial charge in [0.1, 0.15) is 5.82 Å². The Morgan fingerprint density at radius 2 is 1.83 bits per heavy atom. The highest BCUT2D eigenvalue weighted by Gasteiger charge is 2.31. The molecule has 0 saturated heterocycles. The topological polar surface area (TPSA) is 17.8 Å². The van der Waals surface area contributed by atoms with Gasteiger partial charge in [0, 0.05) is 12.1 Å². The minimum Gasteiger partial charge on any atom is -0.324 e. The van der Waals surface area contributed by atoms with Crippen molar-refractivity contribution in [2.45, 2.75) is 33.5 Å². The molecule has 0 aliphatic carbocycles. The first kappa shape index (κ1) is 16.6. The van der Waals surface area contributed by atoms with E-state index in [2.05, 4.69) is 18.8 Å². The van der Waals surface area contributed by atoms with Crippen molar-refractivity contribution in [2.75, 3.05) is 0 Å². The van der Waals surface area contributed by atoms with E-state index in [1.807, 2.05) is 35.8 Å². The smallest absolute Gasteiger partial charge is 0.324 e. The molecule has 2 nitrogen and oxygen atoms in total. The van der Waals surface area contributed by atoms with Crippen LogP contribution in [0.3, 0.4) is 0 Å². The molecule has 126 valence electrons. The molecule has 0 amide bonds. The molecule has 2 aromatic carbocycles. The Balaban J connectivity index is 2.23. The van der Waals surface area contributed by atoms with Gasteiger partial charge < -0.3 is 4.57 Å². The maximum atomic E-state index is 13.0. The third-order valence-electron chi connectivity index (χ3n) is 3.90. The summed E-state index contributed by atoms with van der Waals surface area (Å²) in [5.41, 5.74) is 2.45. The van der Waals surface area contributed by atoms with E-state index in [1.54, 1.807) is 0 Å². The summed E-state index contributed by atoms with van der Waals surface area (Å²) in [5.74, 6) is 1.06. The monoisotopic (exact) mass is 332 g/mol. The molecule has 1 heterocycles. The first-order chi connectivity index (χ1) is 11.3. The van der Waals surface area contributed by atoms with E-state index in [1.165, 1.54) is 6.07 Å². The average Bonchev–Trinajstić information content (AvgIpc) is 2.84. The lowest BCUT2D eigenvalue weighted by Crippen LogP contribution is -2.07. The number of aryl methyl sites for hydroxylation is 1. The fourth-order valence-electron chi connectivity index (χ4n) is 2.86. The maximum absolute atomic E-state index is 13.0. The lowest BCUT2D eigenvalue weighted by atomic mass is 10.1. The van der Waals surface area contributed by atoms with E-state index in [0.29, 0.717) is 23.8 Å². The molecule has 0 aliphatic heterocycles. The van der Waals surface area contributed by atoms with Crippen molar-refractivity contribution in [1.82, 2.24) is 9.55 Å². The van der Waals surface area contributed by atoms with Crippen LogP contribution in [0, 0.1) is 12.8 Å². The summed E-state index contributed by atoms with van der Waals surface area (Å²) < 4.78 is 40.9. The van der Waals surface area contributed by atoms with E-state index in [-0.39, 0.29) is 0 Å². The molecule has 0 saturated carbocycles. The zero-order valence-corrected chi connectivity index (χ0v) is 13.9.